The molecule has 38 heavy (non-hydrogen) atoms. The van der Waals surface area contributed by atoms with Crippen molar-refractivity contribution in [2.75, 3.05) is 28.3 Å². The standard InChI is InChI=1S/C13H24FNO4.C13H25NO5/c1-12(2,3)19-11(17)15(6)9(10(16)18-7)8-13(4,5)14;1-12(2,3)19-11(16)14(6)9(10(15)18-7)8-13(4,5)17/h9H,8H2,1-7H3;9,17H,8H2,1-7H3/t2*9-/m00/s1. The number of likely N-dealkylation sites (N-methyl/N-ethyl adjacent to an activating group) is 2. The molecule has 0 aliphatic rings. The minimum Gasteiger partial charge on any atom is -0.467 e. The Hall–Kier alpha value is -2.63. The van der Waals surface area contributed by atoms with Crippen molar-refractivity contribution in [3.63, 3.8) is 0 Å². The number of halogens is 1. The predicted molar refractivity (Wildman–Crippen MR) is 140 cm³/mol. The van der Waals surface area contributed by atoms with Crippen molar-refractivity contribution in [1.29, 1.82) is 0 Å². The van der Waals surface area contributed by atoms with Gasteiger partial charge in [0.1, 0.15) is 29.0 Å². The van der Waals surface area contributed by atoms with Crippen LogP contribution >= 0.6 is 0 Å². The van der Waals surface area contributed by atoms with E-state index in [1.807, 2.05) is 0 Å². The summed E-state index contributed by atoms with van der Waals surface area (Å²) >= 11 is 0. The zero-order chi connectivity index (χ0) is 30.9. The summed E-state index contributed by atoms with van der Waals surface area (Å²) in [6.45, 7) is 16.2. The number of hydrogen-bond donors (Lipinski definition) is 1. The van der Waals surface area contributed by atoms with Gasteiger partial charge in [0.15, 0.2) is 0 Å². The van der Waals surface area contributed by atoms with Gasteiger partial charge in [-0.1, -0.05) is 0 Å². The van der Waals surface area contributed by atoms with Crippen molar-refractivity contribution in [3.8, 4) is 0 Å². The van der Waals surface area contributed by atoms with Crippen LogP contribution < -0.4 is 0 Å². The van der Waals surface area contributed by atoms with E-state index in [0.29, 0.717) is 0 Å². The molecule has 0 heterocycles. The second-order valence-corrected chi connectivity index (χ2v) is 12.2. The number of carbonyl (C=O) groups is 4. The van der Waals surface area contributed by atoms with Gasteiger partial charge in [-0.25, -0.2) is 23.6 Å². The Kier molecular flexibility index (Phi) is 14.3. The molecule has 0 aromatic rings. The first-order valence-electron chi connectivity index (χ1n) is 12.2. The molecule has 0 rings (SSSR count). The molecule has 0 saturated carbocycles. The molecule has 0 fully saturated rings. The number of ether oxygens (including phenoxy) is 4. The van der Waals surface area contributed by atoms with Gasteiger partial charge in [0.25, 0.3) is 0 Å². The van der Waals surface area contributed by atoms with E-state index < -0.39 is 58.7 Å². The van der Waals surface area contributed by atoms with Gasteiger partial charge in [-0.15, -0.1) is 0 Å². The molecule has 0 aromatic heterocycles. The van der Waals surface area contributed by atoms with Gasteiger partial charge in [-0.3, -0.25) is 9.80 Å². The molecule has 0 spiro atoms. The van der Waals surface area contributed by atoms with E-state index in [-0.39, 0.29) is 12.8 Å². The van der Waals surface area contributed by atoms with Gasteiger partial charge in [-0.2, -0.15) is 0 Å². The van der Waals surface area contributed by atoms with Crippen LogP contribution in [0.3, 0.4) is 0 Å². The number of carbonyl (C=O) groups excluding carboxylic acids is 4. The van der Waals surface area contributed by atoms with E-state index in [0.717, 1.165) is 9.80 Å². The highest BCUT2D eigenvalue weighted by molar-refractivity contribution is 5.82. The number of nitrogens with zero attached hydrogens (tertiary/aromatic N) is 2. The molecule has 12 heteroatoms. The lowest BCUT2D eigenvalue weighted by molar-refractivity contribution is -0.148. The van der Waals surface area contributed by atoms with Crippen LogP contribution in [0.25, 0.3) is 0 Å². The van der Waals surface area contributed by atoms with Crippen LogP contribution in [0.15, 0.2) is 0 Å². The number of esters is 2. The second kappa shape index (κ2) is 14.5. The Morgan fingerprint density at radius 3 is 1.18 bits per heavy atom. The van der Waals surface area contributed by atoms with Crippen molar-refractivity contribution in [3.05, 3.63) is 0 Å². The van der Waals surface area contributed by atoms with Crippen molar-refractivity contribution in [2.24, 2.45) is 0 Å². The molecule has 0 unspecified atom stereocenters. The first kappa shape index (κ1) is 37.5. The van der Waals surface area contributed by atoms with Crippen molar-refractivity contribution in [2.45, 2.75) is 117 Å². The van der Waals surface area contributed by atoms with Crippen molar-refractivity contribution >= 4 is 24.1 Å². The van der Waals surface area contributed by atoms with Crippen molar-refractivity contribution in [1.82, 2.24) is 9.80 Å². The van der Waals surface area contributed by atoms with E-state index in [1.165, 1.54) is 42.2 Å². The predicted octanol–water partition coefficient (Wildman–Crippen LogP) is 4.09. The summed E-state index contributed by atoms with van der Waals surface area (Å²) in [6, 6.07) is -1.90. The van der Waals surface area contributed by atoms with Crippen LogP contribution in [0.5, 0.6) is 0 Å². The van der Waals surface area contributed by atoms with E-state index in [9.17, 15) is 28.7 Å². The molecule has 2 atom stereocenters. The first-order valence-corrected chi connectivity index (χ1v) is 12.2. The Morgan fingerprint density at radius 1 is 0.684 bits per heavy atom. The molecule has 0 bridgehead atoms. The minimum atomic E-state index is -1.60. The van der Waals surface area contributed by atoms with Crippen LogP contribution in [-0.4, -0.2) is 102 Å². The molecule has 11 nitrogen and oxygen atoms in total. The van der Waals surface area contributed by atoms with E-state index >= 15 is 0 Å². The molecule has 0 aromatic carbocycles. The highest BCUT2D eigenvalue weighted by atomic mass is 19.1. The van der Waals surface area contributed by atoms with Crippen LogP contribution in [0, 0.1) is 0 Å². The number of hydrogen-bond acceptors (Lipinski definition) is 9. The third-order valence-electron chi connectivity index (χ3n) is 4.62. The number of rotatable bonds is 8. The molecular formula is C26H49FN2O9. The van der Waals surface area contributed by atoms with Gasteiger partial charge < -0.3 is 24.1 Å². The quantitative estimate of drug-likeness (QED) is 0.349. The topological polar surface area (TPSA) is 132 Å². The smallest absolute Gasteiger partial charge is 0.410 e. The van der Waals surface area contributed by atoms with Gasteiger partial charge >= 0.3 is 24.1 Å². The number of amides is 2. The fourth-order valence-corrected chi connectivity index (χ4v) is 2.88. The Bertz CT molecular complexity index is 725. The fraction of sp³-hybridized carbons (Fsp3) is 0.846. The summed E-state index contributed by atoms with van der Waals surface area (Å²) in [6.07, 6.45) is -1.41. The van der Waals surface area contributed by atoms with E-state index in [2.05, 4.69) is 9.47 Å². The van der Waals surface area contributed by atoms with Gasteiger partial charge in [-0.05, 0) is 69.2 Å². The molecular weight excluding hydrogens is 503 g/mol. The molecule has 0 saturated heterocycles. The largest absolute Gasteiger partial charge is 0.467 e. The third-order valence-corrected chi connectivity index (χ3v) is 4.62. The lowest BCUT2D eigenvalue weighted by Gasteiger charge is -2.32. The zero-order valence-corrected chi connectivity index (χ0v) is 25.6. The lowest BCUT2D eigenvalue weighted by Crippen LogP contribution is -2.48. The van der Waals surface area contributed by atoms with Gasteiger partial charge in [0.05, 0.1) is 19.8 Å². The number of aliphatic hydroxyl groups is 1. The lowest BCUT2D eigenvalue weighted by atomic mass is 9.98. The summed E-state index contributed by atoms with van der Waals surface area (Å²) in [5, 5.41) is 9.81. The summed E-state index contributed by atoms with van der Waals surface area (Å²) in [7, 11) is 5.27. The molecule has 2 amide bonds. The molecule has 0 aliphatic heterocycles. The first-order chi connectivity index (χ1) is 16.7. The summed E-state index contributed by atoms with van der Waals surface area (Å²) in [5.41, 5.74) is -4.04. The Labute approximate surface area is 226 Å². The Morgan fingerprint density at radius 2 is 0.974 bits per heavy atom. The summed E-state index contributed by atoms with van der Waals surface area (Å²) < 4.78 is 33.3. The van der Waals surface area contributed by atoms with Gasteiger partial charge in [0, 0.05) is 26.9 Å². The highest BCUT2D eigenvalue weighted by Crippen LogP contribution is 2.22. The zero-order valence-electron chi connectivity index (χ0n) is 25.6. The second-order valence-electron chi connectivity index (χ2n) is 12.2. The van der Waals surface area contributed by atoms with Crippen LogP contribution in [-0.2, 0) is 28.5 Å². The van der Waals surface area contributed by atoms with Crippen LogP contribution in [0.2, 0.25) is 0 Å². The Balaban J connectivity index is 0. The van der Waals surface area contributed by atoms with E-state index in [1.54, 1.807) is 55.4 Å². The summed E-state index contributed by atoms with van der Waals surface area (Å²) in [5.74, 6) is -1.26. The van der Waals surface area contributed by atoms with Crippen LogP contribution in [0.1, 0.15) is 82.1 Å². The SMILES string of the molecule is COC(=O)[C@H](CC(C)(C)F)N(C)C(=O)OC(C)(C)C.COC(=O)[C@H](CC(C)(C)O)N(C)C(=O)OC(C)(C)C. The normalized spacial score (nSPS) is 13.7. The highest BCUT2D eigenvalue weighted by Gasteiger charge is 2.36. The van der Waals surface area contributed by atoms with E-state index in [4.69, 9.17) is 9.47 Å². The van der Waals surface area contributed by atoms with Gasteiger partial charge in [0.2, 0.25) is 0 Å². The monoisotopic (exact) mass is 552 g/mol. The maximum atomic E-state index is 13.7. The molecule has 0 radical (unpaired) electrons. The minimum absolute atomic E-state index is 0.0649. The number of methoxy groups -OCH3 is 2. The summed E-state index contributed by atoms with van der Waals surface area (Å²) in [4.78, 5) is 49.4. The fourth-order valence-electron chi connectivity index (χ4n) is 2.88. The number of alkyl halides is 1. The third kappa shape index (κ3) is 17.0. The average molecular weight is 553 g/mol. The molecule has 0 aliphatic carbocycles. The van der Waals surface area contributed by atoms with Crippen LogP contribution in [0.4, 0.5) is 14.0 Å². The maximum Gasteiger partial charge on any atom is 0.410 e. The molecule has 1 N–H and O–H groups in total. The van der Waals surface area contributed by atoms with Crippen molar-refractivity contribution < 1.29 is 47.6 Å². The maximum absolute atomic E-state index is 13.7. The molecule has 224 valence electrons. The average Bonchev–Trinajstić information content (AvgIpc) is 2.70.